The molecule has 0 bridgehead atoms. The standard InChI is InChI=1S/C24H32N4O2/c1-17(2)14-22(26-20-7-5-6-18(15-20)16-25)24(30)27-19-9-11-21(12-10-19)28-13-4-3-8-23(28)29/h5-7,9-12,15,17,22,26H,3-4,8,13-14,16,25H2,1-2H3,(H,27,30)/t22-/m1/s1. The minimum Gasteiger partial charge on any atom is -0.374 e. The van der Waals surface area contributed by atoms with Gasteiger partial charge in [0, 0.05) is 36.6 Å². The van der Waals surface area contributed by atoms with Gasteiger partial charge in [0.1, 0.15) is 6.04 Å². The van der Waals surface area contributed by atoms with Crippen LogP contribution in [-0.2, 0) is 16.1 Å². The van der Waals surface area contributed by atoms with Gasteiger partial charge in [-0.1, -0.05) is 26.0 Å². The summed E-state index contributed by atoms with van der Waals surface area (Å²) in [5, 5.41) is 6.36. The fourth-order valence-electron chi connectivity index (χ4n) is 3.73. The average molecular weight is 409 g/mol. The molecule has 0 aliphatic carbocycles. The molecule has 0 aromatic heterocycles. The Kier molecular flexibility index (Phi) is 7.46. The summed E-state index contributed by atoms with van der Waals surface area (Å²) in [5.74, 6) is 0.445. The van der Waals surface area contributed by atoms with Gasteiger partial charge in [-0.15, -0.1) is 0 Å². The molecule has 1 aliphatic heterocycles. The van der Waals surface area contributed by atoms with Gasteiger partial charge < -0.3 is 21.3 Å². The van der Waals surface area contributed by atoms with Gasteiger partial charge in [0.05, 0.1) is 0 Å². The quantitative estimate of drug-likeness (QED) is 0.613. The number of anilines is 3. The summed E-state index contributed by atoms with van der Waals surface area (Å²) in [4.78, 5) is 26.9. The van der Waals surface area contributed by atoms with Crippen LogP contribution in [0.25, 0.3) is 0 Å². The van der Waals surface area contributed by atoms with Crippen molar-refractivity contribution in [3.63, 3.8) is 0 Å². The molecule has 2 aromatic rings. The van der Waals surface area contributed by atoms with E-state index in [1.165, 1.54) is 0 Å². The van der Waals surface area contributed by atoms with Crippen LogP contribution >= 0.6 is 0 Å². The third-order valence-electron chi connectivity index (χ3n) is 5.30. The second kappa shape index (κ2) is 10.3. The monoisotopic (exact) mass is 408 g/mol. The van der Waals surface area contributed by atoms with E-state index in [0.29, 0.717) is 25.3 Å². The molecule has 30 heavy (non-hydrogen) atoms. The first-order valence-electron chi connectivity index (χ1n) is 10.7. The number of amides is 2. The highest BCUT2D eigenvalue weighted by molar-refractivity contribution is 5.97. The van der Waals surface area contributed by atoms with Crippen molar-refractivity contribution in [3.05, 3.63) is 54.1 Å². The second-order valence-electron chi connectivity index (χ2n) is 8.27. The molecule has 0 unspecified atom stereocenters. The topological polar surface area (TPSA) is 87.5 Å². The van der Waals surface area contributed by atoms with Crippen molar-refractivity contribution >= 4 is 28.9 Å². The molecule has 1 saturated heterocycles. The molecule has 4 N–H and O–H groups in total. The minimum absolute atomic E-state index is 0.0800. The first-order chi connectivity index (χ1) is 14.5. The Balaban J connectivity index is 1.68. The van der Waals surface area contributed by atoms with Crippen LogP contribution in [0, 0.1) is 5.92 Å². The smallest absolute Gasteiger partial charge is 0.246 e. The van der Waals surface area contributed by atoms with Gasteiger partial charge in [0.25, 0.3) is 0 Å². The molecule has 160 valence electrons. The van der Waals surface area contributed by atoms with Crippen molar-refractivity contribution < 1.29 is 9.59 Å². The van der Waals surface area contributed by atoms with E-state index in [1.807, 2.05) is 53.4 Å². The number of piperidine rings is 1. The summed E-state index contributed by atoms with van der Waals surface area (Å²) >= 11 is 0. The number of nitrogens with two attached hydrogens (primary N) is 1. The number of benzene rings is 2. The lowest BCUT2D eigenvalue weighted by molar-refractivity contribution is -0.119. The van der Waals surface area contributed by atoms with Crippen LogP contribution in [-0.4, -0.2) is 24.4 Å². The molecule has 0 spiro atoms. The van der Waals surface area contributed by atoms with Gasteiger partial charge in [-0.2, -0.15) is 0 Å². The van der Waals surface area contributed by atoms with E-state index in [0.717, 1.165) is 42.0 Å². The van der Waals surface area contributed by atoms with Crippen molar-refractivity contribution in [1.82, 2.24) is 0 Å². The van der Waals surface area contributed by atoms with Crippen LogP contribution in [0.4, 0.5) is 17.1 Å². The molecule has 0 saturated carbocycles. The second-order valence-corrected chi connectivity index (χ2v) is 8.27. The Morgan fingerprint density at radius 3 is 2.53 bits per heavy atom. The van der Waals surface area contributed by atoms with E-state index in [9.17, 15) is 9.59 Å². The highest BCUT2D eigenvalue weighted by atomic mass is 16.2. The molecule has 3 rings (SSSR count). The third-order valence-corrected chi connectivity index (χ3v) is 5.30. The van der Waals surface area contributed by atoms with Gasteiger partial charge in [-0.3, -0.25) is 9.59 Å². The molecule has 6 nitrogen and oxygen atoms in total. The maximum Gasteiger partial charge on any atom is 0.246 e. The fraction of sp³-hybridized carbons (Fsp3) is 0.417. The van der Waals surface area contributed by atoms with Crippen LogP contribution in [0.2, 0.25) is 0 Å². The van der Waals surface area contributed by atoms with Gasteiger partial charge >= 0.3 is 0 Å². The highest BCUT2D eigenvalue weighted by Crippen LogP contribution is 2.23. The number of carbonyl (C=O) groups excluding carboxylic acids is 2. The first-order valence-corrected chi connectivity index (χ1v) is 10.7. The van der Waals surface area contributed by atoms with E-state index in [1.54, 1.807) is 0 Å². The zero-order valence-corrected chi connectivity index (χ0v) is 17.9. The number of carbonyl (C=O) groups is 2. The predicted octanol–water partition coefficient (Wildman–Crippen LogP) is 4.13. The number of rotatable bonds is 8. The van der Waals surface area contributed by atoms with Gasteiger partial charge in [0.15, 0.2) is 0 Å². The molecular formula is C24H32N4O2. The first kappa shape index (κ1) is 21.8. The largest absolute Gasteiger partial charge is 0.374 e. The normalized spacial score (nSPS) is 15.2. The Labute approximate surface area is 178 Å². The molecule has 2 aromatic carbocycles. The zero-order valence-electron chi connectivity index (χ0n) is 17.9. The Morgan fingerprint density at radius 2 is 1.87 bits per heavy atom. The van der Waals surface area contributed by atoms with E-state index in [-0.39, 0.29) is 17.9 Å². The maximum atomic E-state index is 13.0. The Morgan fingerprint density at radius 1 is 1.10 bits per heavy atom. The van der Waals surface area contributed by atoms with Crippen molar-refractivity contribution in [3.8, 4) is 0 Å². The zero-order chi connectivity index (χ0) is 21.5. The number of nitrogens with one attached hydrogen (secondary N) is 2. The lowest BCUT2D eigenvalue weighted by atomic mass is 10.0. The molecule has 1 heterocycles. The SMILES string of the molecule is CC(C)C[C@@H](Nc1cccc(CN)c1)C(=O)Nc1ccc(N2CCCCC2=O)cc1. The summed E-state index contributed by atoms with van der Waals surface area (Å²) in [7, 11) is 0. The van der Waals surface area contributed by atoms with E-state index in [4.69, 9.17) is 5.73 Å². The van der Waals surface area contributed by atoms with E-state index < -0.39 is 0 Å². The third kappa shape index (κ3) is 5.83. The Bertz CT molecular complexity index is 864. The number of hydrogen-bond acceptors (Lipinski definition) is 4. The molecule has 0 radical (unpaired) electrons. The van der Waals surface area contributed by atoms with Gasteiger partial charge in [0.2, 0.25) is 11.8 Å². The molecule has 2 amide bonds. The molecule has 1 aliphatic rings. The lowest BCUT2D eigenvalue weighted by Gasteiger charge is -2.27. The van der Waals surface area contributed by atoms with Gasteiger partial charge in [-0.05, 0) is 67.1 Å². The molecule has 1 fully saturated rings. The molecule has 6 heteroatoms. The molecule has 1 atom stereocenters. The average Bonchev–Trinajstić information content (AvgIpc) is 2.74. The summed E-state index contributed by atoms with van der Waals surface area (Å²) < 4.78 is 0. The van der Waals surface area contributed by atoms with E-state index >= 15 is 0 Å². The van der Waals surface area contributed by atoms with Crippen LogP contribution < -0.4 is 21.3 Å². The van der Waals surface area contributed by atoms with E-state index in [2.05, 4.69) is 24.5 Å². The maximum absolute atomic E-state index is 13.0. The van der Waals surface area contributed by atoms with Crippen molar-refractivity contribution in [2.75, 3.05) is 22.1 Å². The van der Waals surface area contributed by atoms with Crippen LogP contribution in [0.3, 0.4) is 0 Å². The van der Waals surface area contributed by atoms with Crippen LogP contribution in [0.15, 0.2) is 48.5 Å². The van der Waals surface area contributed by atoms with Gasteiger partial charge in [-0.25, -0.2) is 0 Å². The van der Waals surface area contributed by atoms with Crippen molar-refractivity contribution in [2.24, 2.45) is 11.7 Å². The van der Waals surface area contributed by atoms with Crippen molar-refractivity contribution in [2.45, 2.75) is 52.1 Å². The predicted molar refractivity (Wildman–Crippen MR) is 122 cm³/mol. The number of hydrogen-bond donors (Lipinski definition) is 3. The van der Waals surface area contributed by atoms with Crippen LogP contribution in [0.1, 0.15) is 45.1 Å². The summed E-state index contributed by atoms with van der Waals surface area (Å²) in [6.45, 7) is 5.42. The fourth-order valence-corrected chi connectivity index (χ4v) is 3.73. The lowest BCUT2D eigenvalue weighted by Crippen LogP contribution is -2.36. The highest BCUT2D eigenvalue weighted by Gasteiger charge is 2.21. The summed E-state index contributed by atoms with van der Waals surface area (Å²) in [6.07, 6.45) is 3.30. The number of nitrogens with zero attached hydrogens (tertiary/aromatic N) is 1. The summed E-state index contributed by atoms with van der Waals surface area (Å²) in [5.41, 5.74) is 9.25. The molecular weight excluding hydrogens is 376 g/mol. The summed E-state index contributed by atoms with van der Waals surface area (Å²) in [6, 6.07) is 15.0. The van der Waals surface area contributed by atoms with Crippen LogP contribution in [0.5, 0.6) is 0 Å². The Hall–Kier alpha value is -2.86. The van der Waals surface area contributed by atoms with Crippen molar-refractivity contribution in [1.29, 1.82) is 0 Å². The minimum atomic E-state index is -0.360.